The molecule has 0 radical (unpaired) electrons. The summed E-state index contributed by atoms with van der Waals surface area (Å²) in [5.41, 5.74) is 0. The standard InChI is InChI=1S/C5H11NO4/c1-3(6-10)4(7)5(2,8)9/h3-4,7-9H,1-2H3. The van der Waals surface area contributed by atoms with Crippen molar-refractivity contribution in [2.75, 3.05) is 0 Å². The molecular weight excluding hydrogens is 138 g/mol. The van der Waals surface area contributed by atoms with Gasteiger partial charge in [-0.3, -0.25) is 0 Å². The Morgan fingerprint density at radius 1 is 1.50 bits per heavy atom. The van der Waals surface area contributed by atoms with Gasteiger partial charge in [-0.1, -0.05) is 5.18 Å². The van der Waals surface area contributed by atoms with Gasteiger partial charge in [-0.05, 0) is 13.8 Å². The third kappa shape index (κ3) is 2.38. The van der Waals surface area contributed by atoms with Crippen LogP contribution in [0.3, 0.4) is 0 Å². The minimum Gasteiger partial charge on any atom is -0.385 e. The van der Waals surface area contributed by atoms with Crippen LogP contribution in [-0.2, 0) is 0 Å². The van der Waals surface area contributed by atoms with Crippen molar-refractivity contribution in [2.45, 2.75) is 31.8 Å². The van der Waals surface area contributed by atoms with E-state index in [1.54, 1.807) is 0 Å². The smallest absolute Gasteiger partial charge is 0.188 e. The number of aliphatic hydroxyl groups is 3. The van der Waals surface area contributed by atoms with Crippen molar-refractivity contribution in [1.29, 1.82) is 0 Å². The van der Waals surface area contributed by atoms with Gasteiger partial charge in [0.2, 0.25) is 0 Å². The highest BCUT2D eigenvalue weighted by molar-refractivity contribution is 4.79. The molecular formula is C5H11NO4. The van der Waals surface area contributed by atoms with Crippen LogP contribution >= 0.6 is 0 Å². The highest BCUT2D eigenvalue weighted by Crippen LogP contribution is 2.10. The summed E-state index contributed by atoms with van der Waals surface area (Å²) in [7, 11) is 0. The predicted octanol–water partition coefficient (Wildman–Crippen LogP) is -0.797. The Labute approximate surface area is 58.3 Å². The van der Waals surface area contributed by atoms with E-state index in [4.69, 9.17) is 15.3 Å². The van der Waals surface area contributed by atoms with E-state index < -0.39 is 17.9 Å². The second-order valence-corrected chi connectivity index (χ2v) is 2.38. The molecule has 5 nitrogen and oxygen atoms in total. The second kappa shape index (κ2) is 3.05. The molecule has 0 aliphatic heterocycles. The molecule has 0 aromatic heterocycles. The van der Waals surface area contributed by atoms with Crippen molar-refractivity contribution in [1.82, 2.24) is 0 Å². The van der Waals surface area contributed by atoms with Gasteiger partial charge >= 0.3 is 0 Å². The van der Waals surface area contributed by atoms with Gasteiger partial charge in [0.25, 0.3) is 0 Å². The van der Waals surface area contributed by atoms with Crippen molar-refractivity contribution >= 4 is 0 Å². The fraction of sp³-hybridized carbons (Fsp3) is 1.00. The number of aliphatic hydroxyl groups excluding tert-OH is 1. The molecule has 0 aromatic carbocycles. The van der Waals surface area contributed by atoms with Crippen LogP contribution in [0, 0.1) is 4.91 Å². The minimum absolute atomic E-state index is 0.985. The third-order valence-electron chi connectivity index (χ3n) is 1.18. The molecule has 0 aliphatic rings. The van der Waals surface area contributed by atoms with E-state index in [9.17, 15) is 4.91 Å². The molecule has 60 valence electrons. The van der Waals surface area contributed by atoms with Gasteiger partial charge < -0.3 is 15.3 Å². The summed E-state index contributed by atoms with van der Waals surface area (Å²) < 4.78 is 0. The van der Waals surface area contributed by atoms with Crippen LogP contribution in [-0.4, -0.2) is 33.3 Å². The van der Waals surface area contributed by atoms with Gasteiger partial charge in [0.1, 0.15) is 12.1 Å². The van der Waals surface area contributed by atoms with E-state index in [2.05, 4.69) is 5.18 Å². The van der Waals surface area contributed by atoms with Crippen LogP contribution < -0.4 is 0 Å². The van der Waals surface area contributed by atoms with Gasteiger partial charge in [-0.25, -0.2) is 0 Å². The summed E-state index contributed by atoms with van der Waals surface area (Å²) in [6.45, 7) is 2.28. The average Bonchev–Trinajstić information content (AvgIpc) is 1.83. The van der Waals surface area contributed by atoms with E-state index in [0.29, 0.717) is 0 Å². The molecule has 0 saturated heterocycles. The highest BCUT2D eigenvalue weighted by atomic mass is 16.5. The fourth-order valence-electron chi connectivity index (χ4n) is 0.515. The first-order valence-electron chi connectivity index (χ1n) is 2.85. The normalized spacial score (nSPS) is 18.1. The molecule has 2 atom stereocenters. The molecule has 0 bridgehead atoms. The predicted molar refractivity (Wildman–Crippen MR) is 34.1 cm³/mol. The molecule has 0 aliphatic carbocycles. The zero-order valence-electron chi connectivity index (χ0n) is 5.85. The fourth-order valence-corrected chi connectivity index (χ4v) is 0.515. The zero-order chi connectivity index (χ0) is 8.36. The second-order valence-electron chi connectivity index (χ2n) is 2.38. The largest absolute Gasteiger partial charge is 0.385 e. The maximum atomic E-state index is 9.76. The summed E-state index contributed by atoms with van der Waals surface area (Å²) >= 11 is 0. The summed E-state index contributed by atoms with van der Waals surface area (Å²) in [6.07, 6.45) is -1.54. The van der Waals surface area contributed by atoms with Crippen LogP contribution in [0.2, 0.25) is 0 Å². The Morgan fingerprint density at radius 3 is 2.00 bits per heavy atom. The molecule has 0 amide bonds. The molecule has 2 unspecified atom stereocenters. The Balaban J connectivity index is 4.07. The molecule has 3 N–H and O–H groups in total. The molecule has 0 fully saturated rings. The molecule has 10 heavy (non-hydrogen) atoms. The lowest BCUT2D eigenvalue weighted by atomic mass is 10.1. The maximum absolute atomic E-state index is 9.76. The Hall–Kier alpha value is -0.520. The monoisotopic (exact) mass is 149 g/mol. The van der Waals surface area contributed by atoms with Crippen LogP contribution in [0.5, 0.6) is 0 Å². The van der Waals surface area contributed by atoms with E-state index in [1.165, 1.54) is 6.92 Å². The maximum Gasteiger partial charge on any atom is 0.188 e. The van der Waals surface area contributed by atoms with Crippen molar-refractivity contribution in [3.8, 4) is 0 Å². The quantitative estimate of drug-likeness (QED) is 0.362. The van der Waals surface area contributed by atoms with Crippen LogP contribution in [0.4, 0.5) is 0 Å². The average molecular weight is 149 g/mol. The summed E-state index contributed by atoms with van der Waals surface area (Å²) in [4.78, 5) is 9.76. The van der Waals surface area contributed by atoms with E-state index in [-0.39, 0.29) is 0 Å². The first-order chi connectivity index (χ1) is 4.39. The molecule has 0 saturated carbocycles. The van der Waals surface area contributed by atoms with Crippen molar-refractivity contribution in [3.63, 3.8) is 0 Å². The molecule has 0 aromatic rings. The van der Waals surface area contributed by atoms with Gasteiger partial charge in [0, 0.05) is 0 Å². The number of hydrogen-bond acceptors (Lipinski definition) is 5. The summed E-state index contributed by atoms with van der Waals surface area (Å²) in [6, 6.07) is -1.01. The van der Waals surface area contributed by atoms with Gasteiger partial charge in [0.05, 0.1) is 0 Å². The molecule has 0 heterocycles. The molecule has 5 heteroatoms. The lowest BCUT2D eigenvalue weighted by Crippen LogP contribution is -2.44. The topological polar surface area (TPSA) is 90.1 Å². The van der Waals surface area contributed by atoms with Crippen LogP contribution in [0.15, 0.2) is 5.18 Å². The van der Waals surface area contributed by atoms with E-state index in [0.717, 1.165) is 6.92 Å². The van der Waals surface area contributed by atoms with E-state index in [1.807, 2.05) is 0 Å². The van der Waals surface area contributed by atoms with Crippen LogP contribution in [0.1, 0.15) is 13.8 Å². The van der Waals surface area contributed by atoms with Crippen LogP contribution in [0.25, 0.3) is 0 Å². The Kier molecular flexibility index (Phi) is 2.89. The first-order valence-corrected chi connectivity index (χ1v) is 2.85. The van der Waals surface area contributed by atoms with Crippen molar-refractivity contribution in [3.05, 3.63) is 4.91 Å². The Bertz CT molecular complexity index is 119. The lowest BCUT2D eigenvalue weighted by molar-refractivity contribution is -0.215. The third-order valence-corrected chi connectivity index (χ3v) is 1.18. The van der Waals surface area contributed by atoms with E-state index >= 15 is 0 Å². The van der Waals surface area contributed by atoms with Gasteiger partial charge in [0.15, 0.2) is 5.79 Å². The number of rotatable bonds is 3. The van der Waals surface area contributed by atoms with Crippen molar-refractivity contribution < 1.29 is 15.3 Å². The molecule has 0 spiro atoms. The highest BCUT2D eigenvalue weighted by Gasteiger charge is 2.32. The van der Waals surface area contributed by atoms with Crippen molar-refractivity contribution in [2.24, 2.45) is 5.18 Å². The van der Waals surface area contributed by atoms with Gasteiger partial charge in [-0.15, -0.1) is 0 Å². The SMILES string of the molecule is CC(N=O)C(O)C(C)(O)O. The number of nitrogens with zero attached hydrogens (tertiary/aromatic N) is 1. The number of nitroso groups, excluding NO2 is 1. The first kappa shape index (κ1) is 9.48. The minimum atomic E-state index is -2.26. The number of hydrogen-bond donors (Lipinski definition) is 3. The summed E-state index contributed by atoms with van der Waals surface area (Å²) in [5, 5.41) is 28.7. The summed E-state index contributed by atoms with van der Waals surface area (Å²) in [5.74, 6) is -2.26. The molecule has 0 rings (SSSR count). The lowest BCUT2D eigenvalue weighted by Gasteiger charge is -2.23. The zero-order valence-corrected chi connectivity index (χ0v) is 5.85. The Morgan fingerprint density at radius 2 is 1.90 bits per heavy atom. The van der Waals surface area contributed by atoms with Gasteiger partial charge in [-0.2, -0.15) is 4.91 Å².